The van der Waals surface area contributed by atoms with Crippen LogP contribution >= 0.6 is 0 Å². The van der Waals surface area contributed by atoms with Gasteiger partial charge in [0.15, 0.2) is 6.10 Å². The van der Waals surface area contributed by atoms with Crippen molar-refractivity contribution in [2.75, 3.05) is 13.2 Å². The SMILES string of the molecule is CC/C=C\C/C=C\C/C=C\CCCCCCCCCCCC(=O)OCC(COC(=O)CCCCCCCCCCCCCC)OC(=O)CCCCCCC/C=C\C=C/CCCCCCCCC. The van der Waals surface area contributed by atoms with Crippen molar-refractivity contribution in [1.82, 2.24) is 0 Å². The van der Waals surface area contributed by atoms with Gasteiger partial charge in [-0.3, -0.25) is 14.4 Å². The summed E-state index contributed by atoms with van der Waals surface area (Å²) < 4.78 is 16.9. The highest BCUT2D eigenvalue weighted by Crippen LogP contribution is 2.16. The highest BCUT2D eigenvalue weighted by molar-refractivity contribution is 5.71. The van der Waals surface area contributed by atoms with Crippen molar-refractivity contribution in [1.29, 1.82) is 0 Å². The van der Waals surface area contributed by atoms with Crippen molar-refractivity contribution in [2.24, 2.45) is 0 Å². The number of unbranched alkanes of at least 4 members (excludes halogenated alkanes) is 32. The third-order valence-corrected chi connectivity index (χ3v) is 12.5. The number of allylic oxidation sites excluding steroid dienone is 10. The van der Waals surface area contributed by atoms with E-state index in [4.69, 9.17) is 14.2 Å². The van der Waals surface area contributed by atoms with Crippen molar-refractivity contribution in [3.8, 4) is 0 Å². The Bertz CT molecular complexity index is 1210. The highest BCUT2D eigenvalue weighted by Gasteiger charge is 2.19. The van der Waals surface area contributed by atoms with Crippen LogP contribution in [0, 0.1) is 0 Å². The molecule has 0 saturated carbocycles. The second kappa shape index (κ2) is 55.7. The van der Waals surface area contributed by atoms with E-state index in [0.717, 1.165) is 96.3 Å². The lowest BCUT2D eigenvalue weighted by Gasteiger charge is -2.18. The maximum absolute atomic E-state index is 12.8. The molecule has 0 aliphatic rings. The van der Waals surface area contributed by atoms with Gasteiger partial charge < -0.3 is 14.2 Å². The summed E-state index contributed by atoms with van der Waals surface area (Å²) in [5.41, 5.74) is 0. The maximum Gasteiger partial charge on any atom is 0.306 e. The molecule has 67 heavy (non-hydrogen) atoms. The number of hydrogen-bond donors (Lipinski definition) is 0. The van der Waals surface area contributed by atoms with Crippen LogP contribution in [0.1, 0.15) is 290 Å². The standard InChI is InChI=1S/C61H108O6/c1-4-7-10-13-16-19-22-25-27-29-31-33-34-36-39-42-45-48-51-54-60(63)66-57-58(56-65-59(62)53-50-47-44-41-38-24-21-18-15-12-9-6-3)67-61(64)55-52-49-46-43-40-37-35-32-30-28-26-23-20-17-14-11-8-5-2/h7,10,16,19,25,27-28,30,32,35,58H,4-6,8-9,11-15,17-18,20-24,26,29,31,33-34,36-57H2,1-3H3/b10-7-,19-16-,27-25-,30-28-,35-32-. The smallest absolute Gasteiger partial charge is 0.306 e. The van der Waals surface area contributed by atoms with Gasteiger partial charge in [0.05, 0.1) is 0 Å². The first kappa shape index (κ1) is 64.1. The summed E-state index contributed by atoms with van der Waals surface area (Å²) in [4.78, 5) is 38.1. The van der Waals surface area contributed by atoms with Gasteiger partial charge in [-0.1, -0.05) is 255 Å². The lowest BCUT2D eigenvalue weighted by Crippen LogP contribution is -2.30. The summed E-state index contributed by atoms with van der Waals surface area (Å²) in [7, 11) is 0. The molecule has 0 aromatic heterocycles. The molecular formula is C61H108O6. The average molecular weight is 938 g/mol. The summed E-state index contributed by atoms with van der Waals surface area (Å²) in [5, 5.41) is 0. The predicted molar refractivity (Wildman–Crippen MR) is 288 cm³/mol. The van der Waals surface area contributed by atoms with Crippen LogP contribution in [0.25, 0.3) is 0 Å². The van der Waals surface area contributed by atoms with E-state index < -0.39 is 6.10 Å². The minimum absolute atomic E-state index is 0.0797. The summed E-state index contributed by atoms with van der Waals surface area (Å²) in [6, 6.07) is 0. The first-order valence-corrected chi connectivity index (χ1v) is 28.8. The molecule has 1 unspecified atom stereocenters. The van der Waals surface area contributed by atoms with Crippen LogP contribution in [0.2, 0.25) is 0 Å². The zero-order valence-corrected chi connectivity index (χ0v) is 44.4. The minimum Gasteiger partial charge on any atom is -0.462 e. The van der Waals surface area contributed by atoms with Gasteiger partial charge in [0.1, 0.15) is 13.2 Å². The van der Waals surface area contributed by atoms with Crippen LogP contribution in [-0.4, -0.2) is 37.2 Å². The first-order chi connectivity index (χ1) is 33.0. The summed E-state index contributed by atoms with van der Waals surface area (Å²) >= 11 is 0. The number of esters is 3. The van der Waals surface area contributed by atoms with E-state index in [-0.39, 0.29) is 31.1 Å². The van der Waals surface area contributed by atoms with Gasteiger partial charge in [-0.2, -0.15) is 0 Å². The molecule has 0 rings (SSSR count). The molecule has 0 aromatic rings. The Balaban J connectivity index is 4.37. The van der Waals surface area contributed by atoms with Crippen LogP contribution < -0.4 is 0 Å². The molecule has 0 saturated heterocycles. The number of carbonyl (C=O) groups excluding carboxylic acids is 3. The molecule has 0 fully saturated rings. The molecule has 0 spiro atoms. The van der Waals surface area contributed by atoms with E-state index in [1.165, 1.54) is 154 Å². The van der Waals surface area contributed by atoms with Gasteiger partial charge in [0.25, 0.3) is 0 Å². The number of rotatable bonds is 52. The lowest BCUT2D eigenvalue weighted by molar-refractivity contribution is -0.167. The van der Waals surface area contributed by atoms with Crippen LogP contribution in [0.5, 0.6) is 0 Å². The molecule has 1 atom stereocenters. The van der Waals surface area contributed by atoms with E-state index in [2.05, 4.69) is 81.5 Å². The van der Waals surface area contributed by atoms with Crippen molar-refractivity contribution in [3.05, 3.63) is 60.8 Å². The van der Waals surface area contributed by atoms with Gasteiger partial charge in [0.2, 0.25) is 0 Å². The second-order valence-electron chi connectivity index (χ2n) is 19.2. The van der Waals surface area contributed by atoms with Gasteiger partial charge in [-0.05, 0) is 77.0 Å². The Kier molecular flexibility index (Phi) is 53.3. The van der Waals surface area contributed by atoms with E-state index >= 15 is 0 Å². The molecule has 0 amide bonds. The predicted octanol–water partition coefficient (Wildman–Crippen LogP) is 19.2. The number of ether oxygens (including phenoxy) is 3. The minimum atomic E-state index is -0.782. The molecule has 0 aliphatic carbocycles. The van der Waals surface area contributed by atoms with Crippen molar-refractivity contribution >= 4 is 17.9 Å². The Morgan fingerprint density at radius 3 is 1.00 bits per heavy atom. The van der Waals surface area contributed by atoms with Gasteiger partial charge in [0, 0.05) is 19.3 Å². The maximum atomic E-state index is 12.8. The fourth-order valence-corrected chi connectivity index (χ4v) is 8.21. The molecular weight excluding hydrogens is 829 g/mol. The lowest BCUT2D eigenvalue weighted by atomic mass is 10.0. The van der Waals surface area contributed by atoms with Crippen molar-refractivity contribution in [2.45, 2.75) is 297 Å². The second-order valence-corrected chi connectivity index (χ2v) is 19.2. The third-order valence-electron chi connectivity index (χ3n) is 12.5. The van der Waals surface area contributed by atoms with Gasteiger partial charge in [-0.25, -0.2) is 0 Å². The first-order valence-electron chi connectivity index (χ1n) is 28.8. The van der Waals surface area contributed by atoms with Crippen LogP contribution in [-0.2, 0) is 28.6 Å². The van der Waals surface area contributed by atoms with E-state index in [1.54, 1.807) is 0 Å². The molecule has 6 heteroatoms. The zero-order valence-electron chi connectivity index (χ0n) is 44.4. The molecule has 0 aliphatic heterocycles. The van der Waals surface area contributed by atoms with Crippen molar-refractivity contribution < 1.29 is 28.6 Å². The molecule has 0 heterocycles. The molecule has 0 aromatic carbocycles. The zero-order chi connectivity index (χ0) is 48.6. The Morgan fingerprint density at radius 2 is 0.627 bits per heavy atom. The summed E-state index contributed by atoms with van der Waals surface area (Å²) in [6.45, 7) is 6.53. The monoisotopic (exact) mass is 937 g/mol. The fourth-order valence-electron chi connectivity index (χ4n) is 8.21. The highest BCUT2D eigenvalue weighted by atomic mass is 16.6. The van der Waals surface area contributed by atoms with E-state index in [1.807, 2.05) is 0 Å². The van der Waals surface area contributed by atoms with Gasteiger partial charge in [-0.15, -0.1) is 0 Å². The summed E-state index contributed by atoms with van der Waals surface area (Å²) in [6.07, 6.45) is 69.2. The normalized spacial score (nSPS) is 12.5. The van der Waals surface area contributed by atoms with E-state index in [9.17, 15) is 14.4 Å². The Labute approximate surface area is 415 Å². The van der Waals surface area contributed by atoms with Crippen LogP contribution in [0.3, 0.4) is 0 Å². The number of hydrogen-bond acceptors (Lipinski definition) is 6. The molecule has 0 N–H and O–H groups in total. The largest absolute Gasteiger partial charge is 0.462 e. The molecule has 388 valence electrons. The summed E-state index contributed by atoms with van der Waals surface area (Å²) in [5.74, 6) is -0.889. The fraction of sp³-hybridized carbons (Fsp3) is 0.787. The topological polar surface area (TPSA) is 78.9 Å². The van der Waals surface area contributed by atoms with Crippen molar-refractivity contribution in [3.63, 3.8) is 0 Å². The third kappa shape index (κ3) is 53.9. The Morgan fingerprint density at radius 1 is 0.328 bits per heavy atom. The molecule has 6 nitrogen and oxygen atoms in total. The number of carbonyl (C=O) groups is 3. The molecule has 0 bridgehead atoms. The van der Waals surface area contributed by atoms with E-state index in [0.29, 0.717) is 19.3 Å². The van der Waals surface area contributed by atoms with Gasteiger partial charge >= 0.3 is 17.9 Å². The molecule has 0 radical (unpaired) electrons. The van der Waals surface area contributed by atoms with Crippen LogP contribution in [0.4, 0.5) is 0 Å². The Hall–Kier alpha value is -2.89. The quantitative estimate of drug-likeness (QED) is 0.0199. The average Bonchev–Trinajstić information content (AvgIpc) is 3.33. The van der Waals surface area contributed by atoms with Crippen LogP contribution in [0.15, 0.2) is 60.8 Å².